The Morgan fingerprint density at radius 1 is 1.27 bits per heavy atom. The summed E-state index contributed by atoms with van der Waals surface area (Å²) in [6, 6.07) is 17.0. The second-order valence-electron chi connectivity index (χ2n) is 5.38. The molecule has 0 aliphatic rings. The second-order valence-corrected chi connectivity index (χ2v) is 7.15. The van der Waals surface area contributed by atoms with Crippen molar-refractivity contribution in [3.8, 4) is 23.1 Å². The number of rotatable bonds is 4. The number of hydrogen-bond donors (Lipinski definition) is 0. The molecule has 0 fully saturated rings. The van der Waals surface area contributed by atoms with Crippen molar-refractivity contribution in [3.05, 3.63) is 69.0 Å². The predicted molar refractivity (Wildman–Crippen MR) is 106 cm³/mol. The highest BCUT2D eigenvalue weighted by atomic mass is 79.9. The van der Waals surface area contributed by atoms with Crippen LogP contribution in [0.15, 0.2) is 58.4 Å². The van der Waals surface area contributed by atoms with E-state index in [1.54, 1.807) is 30.3 Å². The highest BCUT2D eigenvalue weighted by Gasteiger charge is 2.09. The first-order valence-corrected chi connectivity index (χ1v) is 9.34. The molecule has 3 rings (SSSR count). The van der Waals surface area contributed by atoms with Crippen molar-refractivity contribution in [2.24, 2.45) is 0 Å². The molecule has 0 saturated carbocycles. The normalized spacial score (nSPS) is 11.0. The first kappa shape index (κ1) is 18.1. The minimum atomic E-state index is -0.367. The fourth-order valence-corrected chi connectivity index (χ4v) is 3.48. The van der Waals surface area contributed by atoms with Crippen molar-refractivity contribution in [2.45, 2.75) is 6.92 Å². The van der Waals surface area contributed by atoms with Crippen LogP contribution in [0.25, 0.3) is 22.9 Å². The fraction of sp³-hybridized carbons (Fsp3) is 0.0500. The van der Waals surface area contributed by atoms with Crippen LogP contribution in [0.1, 0.15) is 17.5 Å². The van der Waals surface area contributed by atoms with Crippen molar-refractivity contribution in [1.82, 2.24) is 4.98 Å². The van der Waals surface area contributed by atoms with Gasteiger partial charge in [0.05, 0.1) is 11.3 Å². The molecule has 0 unspecified atom stereocenters. The first-order chi connectivity index (χ1) is 12.5. The van der Waals surface area contributed by atoms with Crippen LogP contribution in [0, 0.1) is 11.3 Å². The van der Waals surface area contributed by atoms with E-state index in [1.807, 2.05) is 29.6 Å². The number of carbonyl (C=O) groups excluding carboxylic acids is 1. The molecule has 128 valence electrons. The number of nitrogens with zero attached hydrogens (tertiary/aromatic N) is 2. The van der Waals surface area contributed by atoms with E-state index in [4.69, 9.17) is 4.74 Å². The molecule has 3 aromatic rings. The van der Waals surface area contributed by atoms with Gasteiger partial charge in [0.25, 0.3) is 0 Å². The molecule has 0 saturated heterocycles. The third kappa shape index (κ3) is 4.45. The Kier molecular flexibility index (Phi) is 5.61. The number of thiazole rings is 1. The first-order valence-electron chi connectivity index (χ1n) is 7.67. The lowest BCUT2D eigenvalue weighted by atomic mass is 10.1. The van der Waals surface area contributed by atoms with E-state index in [0.29, 0.717) is 16.3 Å². The van der Waals surface area contributed by atoms with Crippen LogP contribution in [0.3, 0.4) is 0 Å². The van der Waals surface area contributed by atoms with E-state index < -0.39 is 0 Å². The fourth-order valence-electron chi connectivity index (χ4n) is 2.28. The third-order valence-corrected chi connectivity index (χ3v) is 4.80. The lowest BCUT2D eigenvalue weighted by Gasteiger charge is -2.01. The SMILES string of the molecule is CC(=O)Oc1ccc(/C=C(\C#N)c2nc(-c3cccc(Br)c3)cs2)cc1. The van der Waals surface area contributed by atoms with Crippen LogP contribution < -0.4 is 4.74 Å². The monoisotopic (exact) mass is 424 g/mol. The van der Waals surface area contributed by atoms with Gasteiger partial charge in [-0.25, -0.2) is 4.98 Å². The highest BCUT2D eigenvalue weighted by Crippen LogP contribution is 2.28. The lowest BCUT2D eigenvalue weighted by molar-refractivity contribution is -0.131. The quantitative estimate of drug-likeness (QED) is 0.312. The topological polar surface area (TPSA) is 63.0 Å². The van der Waals surface area contributed by atoms with Gasteiger partial charge in [-0.1, -0.05) is 40.2 Å². The van der Waals surface area contributed by atoms with Gasteiger partial charge >= 0.3 is 5.97 Å². The zero-order valence-corrected chi connectivity index (χ0v) is 16.2. The summed E-state index contributed by atoms with van der Waals surface area (Å²) in [4.78, 5) is 15.5. The Morgan fingerprint density at radius 3 is 2.69 bits per heavy atom. The lowest BCUT2D eigenvalue weighted by Crippen LogP contribution is -2.00. The molecule has 6 heteroatoms. The van der Waals surface area contributed by atoms with E-state index in [-0.39, 0.29) is 5.97 Å². The number of carbonyl (C=O) groups is 1. The number of nitriles is 1. The molecule has 4 nitrogen and oxygen atoms in total. The summed E-state index contributed by atoms with van der Waals surface area (Å²) in [7, 11) is 0. The van der Waals surface area contributed by atoms with E-state index in [2.05, 4.69) is 27.0 Å². The standard InChI is InChI=1S/C20H13BrN2O2S/c1-13(24)25-18-7-5-14(6-8-18)9-16(11-22)20-23-19(12-26-20)15-3-2-4-17(21)10-15/h2-10,12H,1H3/b16-9+. The average molecular weight is 425 g/mol. The zero-order valence-electron chi connectivity index (χ0n) is 13.8. The van der Waals surface area contributed by atoms with Gasteiger partial charge in [0.1, 0.15) is 16.8 Å². The molecule has 0 aliphatic heterocycles. The van der Waals surface area contributed by atoms with Gasteiger partial charge in [-0.05, 0) is 35.9 Å². The molecule has 1 heterocycles. The van der Waals surface area contributed by atoms with Gasteiger partial charge in [-0.15, -0.1) is 11.3 Å². The summed E-state index contributed by atoms with van der Waals surface area (Å²) in [5, 5.41) is 12.1. The molecule has 0 N–H and O–H groups in total. The van der Waals surface area contributed by atoms with Gasteiger partial charge < -0.3 is 4.74 Å². The Hall–Kier alpha value is -2.75. The molecule has 0 amide bonds. The largest absolute Gasteiger partial charge is 0.427 e. The number of hydrogen-bond acceptors (Lipinski definition) is 5. The maximum absolute atomic E-state index is 11.0. The predicted octanol–water partition coefficient (Wildman–Crippen LogP) is 5.56. The molecule has 0 atom stereocenters. The minimum absolute atomic E-state index is 0.367. The number of allylic oxidation sites excluding steroid dienone is 1. The van der Waals surface area contributed by atoms with Crippen LogP contribution in [0.4, 0.5) is 0 Å². The van der Waals surface area contributed by atoms with E-state index in [9.17, 15) is 10.1 Å². The molecular formula is C20H13BrN2O2S. The molecule has 0 radical (unpaired) electrons. The van der Waals surface area contributed by atoms with Gasteiger partial charge in [0, 0.05) is 22.3 Å². The number of ether oxygens (including phenoxy) is 1. The van der Waals surface area contributed by atoms with E-state index in [0.717, 1.165) is 21.3 Å². The molecule has 1 aromatic heterocycles. The summed E-state index contributed by atoms with van der Waals surface area (Å²) < 4.78 is 5.99. The Morgan fingerprint density at radius 2 is 2.04 bits per heavy atom. The van der Waals surface area contributed by atoms with Crippen LogP contribution >= 0.6 is 27.3 Å². The summed E-state index contributed by atoms with van der Waals surface area (Å²) in [6.45, 7) is 1.35. The molecule has 0 aliphatic carbocycles. The third-order valence-electron chi connectivity index (χ3n) is 3.43. The van der Waals surface area contributed by atoms with Crippen molar-refractivity contribution < 1.29 is 9.53 Å². The van der Waals surface area contributed by atoms with Gasteiger partial charge in [0.2, 0.25) is 0 Å². The van der Waals surface area contributed by atoms with Crippen LogP contribution in [0.2, 0.25) is 0 Å². The number of halogens is 1. The van der Waals surface area contributed by atoms with E-state index in [1.165, 1.54) is 18.3 Å². The summed E-state index contributed by atoms with van der Waals surface area (Å²) in [5.41, 5.74) is 3.13. The number of benzene rings is 2. The number of aromatic nitrogens is 1. The van der Waals surface area contributed by atoms with Crippen LogP contribution in [-0.4, -0.2) is 11.0 Å². The summed E-state index contributed by atoms with van der Waals surface area (Å²) in [6.07, 6.45) is 1.76. The molecule has 2 aromatic carbocycles. The molecule has 0 spiro atoms. The molecule has 0 bridgehead atoms. The van der Waals surface area contributed by atoms with Crippen molar-refractivity contribution in [2.75, 3.05) is 0 Å². The van der Waals surface area contributed by atoms with E-state index >= 15 is 0 Å². The smallest absolute Gasteiger partial charge is 0.308 e. The van der Waals surface area contributed by atoms with Crippen LogP contribution in [0.5, 0.6) is 5.75 Å². The van der Waals surface area contributed by atoms with Crippen molar-refractivity contribution in [3.63, 3.8) is 0 Å². The van der Waals surface area contributed by atoms with Crippen molar-refractivity contribution >= 4 is 44.9 Å². The number of esters is 1. The van der Waals surface area contributed by atoms with Crippen LogP contribution in [-0.2, 0) is 4.79 Å². The summed E-state index contributed by atoms with van der Waals surface area (Å²) in [5.74, 6) is 0.105. The van der Waals surface area contributed by atoms with Gasteiger partial charge in [-0.3, -0.25) is 4.79 Å². The van der Waals surface area contributed by atoms with Gasteiger partial charge in [0.15, 0.2) is 0 Å². The van der Waals surface area contributed by atoms with Crippen molar-refractivity contribution in [1.29, 1.82) is 5.26 Å². The molecule has 26 heavy (non-hydrogen) atoms. The second kappa shape index (κ2) is 8.09. The molecular weight excluding hydrogens is 412 g/mol. The Bertz CT molecular complexity index is 1020. The summed E-state index contributed by atoms with van der Waals surface area (Å²) >= 11 is 4.88. The average Bonchev–Trinajstić information content (AvgIpc) is 3.10. The zero-order chi connectivity index (χ0) is 18.5. The Balaban J connectivity index is 1.86. The maximum Gasteiger partial charge on any atom is 0.308 e. The van der Waals surface area contributed by atoms with Gasteiger partial charge in [-0.2, -0.15) is 5.26 Å². The minimum Gasteiger partial charge on any atom is -0.427 e. The highest BCUT2D eigenvalue weighted by molar-refractivity contribution is 9.10. The maximum atomic E-state index is 11.0. The Labute approximate surface area is 163 Å².